The second-order valence-electron chi connectivity index (χ2n) is 6.35. The van der Waals surface area contributed by atoms with Crippen molar-refractivity contribution >= 4 is 62.2 Å². The number of carbonyl (C=O) groups excluding carboxylic acids is 2. The number of amides is 1. The molecule has 164 valence electrons. The number of hydrogen-bond donors (Lipinski definition) is 0. The fourth-order valence-corrected chi connectivity index (χ4v) is 4.62. The molecule has 1 fully saturated rings. The van der Waals surface area contributed by atoms with Crippen molar-refractivity contribution in [2.24, 2.45) is 0 Å². The quantitative estimate of drug-likeness (QED) is 0.228. The van der Waals surface area contributed by atoms with Gasteiger partial charge in [0.2, 0.25) is 0 Å². The maximum atomic E-state index is 12.8. The zero-order valence-electron chi connectivity index (χ0n) is 17.4. The van der Waals surface area contributed by atoms with Crippen molar-refractivity contribution in [1.29, 1.82) is 0 Å². The summed E-state index contributed by atoms with van der Waals surface area (Å²) in [6.45, 7) is 7.54. The molecule has 0 bridgehead atoms. The molecular formula is C21H26BrNO5S2. The third-order valence-corrected chi connectivity index (χ3v) is 5.99. The highest BCUT2D eigenvalue weighted by Crippen LogP contribution is 2.39. The van der Waals surface area contributed by atoms with E-state index >= 15 is 0 Å². The molecule has 0 atom stereocenters. The zero-order valence-corrected chi connectivity index (χ0v) is 20.6. The molecular weight excluding hydrogens is 490 g/mol. The van der Waals surface area contributed by atoms with Crippen molar-refractivity contribution in [3.8, 4) is 11.5 Å². The molecule has 0 spiro atoms. The van der Waals surface area contributed by atoms with Gasteiger partial charge in [0.1, 0.15) is 4.32 Å². The van der Waals surface area contributed by atoms with Crippen LogP contribution in [0.1, 0.15) is 45.6 Å². The summed E-state index contributed by atoms with van der Waals surface area (Å²) in [6.07, 6.45) is 3.44. The molecule has 9 heteroatoms. The van der Waals surface area contributed by atoms with Gasteiger partial charge >= 0.3 is 5.97 Å². The number of thiocarbonyl (C=S) groups is 1. The Hall–Kier alpha value is -1.58. The molecule has 6 nitrogen and oxygen atoms in total. The van der Waals surface area contributed by atoms with Gasteiger partial charge in [0.25, 0.3) is 5.91 Å². The summed E-state index contributed by atoms with van der Waals surface area (Å²) in [5, 5.41) is 0. The van der Waals surface area contributed by atoms with E-state index in [-0.39, 0.29) is 18.3 Å². The Morgan fingerprint density at radius 1 is 1.23 bits per heavy atom. The highest BCUT2D eigenvalue weighted by atomic mass is 79.9. The molecule has 1 aromatic rings. The maximum Gasteiger partial charge on any atom is 0.305 e. The Bertz CT molecular complexity index is 828. The average molecular weight is 516 g/mol. The Labute approximate surface area is 195 Å². The summed E-state index contributed by atoms with van der Waals surface area (Å²) in [5.74, 6) is 0.852. The summed E-state index contributed by atoms with van der Waals surface area (Å²) in [4.78, 5) is 26.4. The van der Waals surface area contributed by atoms with Crippen molar-refractivity contribution in [3.05, 3.63) is 27.1 Å². The molecule has 1 aliphatic rings. The first-order valence-corrected chi connectivity index (χ1v) is 11.9. The maximum absolute atomic E-state index is 12.8. The van der Waals surface area contributed by atoms with E-state index in [0.29, 0.717) is 53.5 Å². The van der Waals surface area contributed by atoms with E-state index in [1.807, 2.05) is 26.0 Å². The van der Waals surface area contributed by atoms with E-state index in [4.69, 9.17) is 26.4 Å². The fraction of sp³-hybridized carbons (Fsp3) is 0.476. The van der Waals surface area contributed by atoms with Crippen molar-refractivity contribution in [3.63, 3.8) is 0 Å². The molecule has 0 N–H and O–H groups in total. The summed E-state index contributed by atoms with van der Waals surface area (Å²) >= 11 is 10.2. The SMILES string of the molecule is CCCOc1c(Br)cc(/C=C2\SC(=S)N(CCCC(=O)OCC)C2=O)cc1OCC. The minimum Gasteiger partial charge on any atom is -0.490 e. The van der Waals surface area contributed by atoms with Crippen LogP contribution in [0.2, 0.25) is 0 Å². The van der Waals surface area contributed by atoms with E-state index in [2.05, 4.69) is 15.9 Å². The molecule has 0 aliphatic carbocycles. The molecule has 0 aromatic heterocycles. The van der Waals surface area contributed by atoms with Crippen LogP contribution in [-0.2, 0) is 14.3 Å². The van der Waals surface area contributed by atoms with Gasteiger partial charge in [-0.05, 0) is 66.4 Å². The smallest absolute Gasteiger partial charge is 0.305 e. The van der Waals surface area contributed by atoms with Gasteiger partial charge in [-0.15, -0.1) is 0 Å². The molecule has 0 radical (unpaired) electrons. The molecule has 1 saturated heterocycles. The standard InChI is InChI=1S/C21H26BrNO5S2/c1-4-10-28-19-15(22)11-14(12-16(19)26-5-2)13-17-20(25)23(21(29)30-17)9-7-8-18(24)27-6-3/h11-13H,4-10H2,1-3H3/b17-13-. The second kappa shape index (κ2) is 12.3. The van der Waals surface area contributed by atoms with Crippen molar-refractivity contribution in [1.82, 2.24) is 4.90 Å². The normalized spacial score (nSPS) is 15.1. The zero-order chi connectivity index (χ0) is 22.1. The number of hydrogen-bond acceptors (Lipinski definition) is 7. The molecule has 1 heterocycles. The van der Waals surface area contributed by atoms with Gasteiger partial charge in [0, 0.05) is 13.0 Å². The molecule has 2 rings (SSSR count). The Morgan fingerprint density at radius 2 is 2.00 bits per heavy atom. The van der Waals surface area contributed by atoms with Crippen LogP contribution in [0.25, 0.3) is 6.08 Å². The van der Waals surface area contributed by atoms with E-state index in [9.17, 15) is 9.59 Å². The van der Waals surface area contributed by atoms with Crippen LogP contribution in [0.15, 0.2) is 21.5 Å². The molecule has 1 aliphatic heterocycles. The van der Waals surface area contributed by atoms with Crippen LogP contribution < -0.4 is 9.47 Å². The summed E-state index contributed by atoms with van der Waals surface area (Å²) in [6, 6.07) is 3.74. The lowest BCUT2D eigenvalue weighted by Crippen LogP contribution is -2.29. The van der Waals surface area contributed by atoms with Gasteiger partial charge in [-0.1, -0.05) is 30.9 Å². The molecule has 1 aromatic carbocycles. The minimum atomic E-state index is -0.267. The first-order chi connectivity index (χ1) is 14.4. The molecule has 0 unspecified atom stereocenters. The number of benzene rings is 1. The highest BCUT2D eigenvalue weighted by molar-refractivity contribution is 9.10. The largest absolute Gasteiger partial charge is 0.490 e. The second-order valence-corrected chi connectivity index (χ2v) is 8.88. The number of ether oxygens (including phenoxy) is 3. The van der Waals surface area contributed by atoms with E-state index < -0.39 is 0 Å². The number of rotatable bonds is 11. The lowest BCUT2D eigenvalue weighted by atomic mass is 10.1. The Kier molecular flexibility index (Phi) is 10.1. The van der Waals surface area contributed by atoms with Crippen LogP contribution >= 0.6 is 39.9 Å². The Morgan fingerprint density at radius 3 is 2.67 bits per heavy atom. The van der Waals surface area contributed by atoms with E-state index in [1.165, 1.54) is 16.7 Å². The molecule has 1 amide bonds. The first kappa shape index (κ1) is 24.7. The van der Waals surface area contributed by atoms with Gasteiger partial charge in [-0.25, -0.2) is 0 Å². The van der Waals surface area contributed by atoms with Crippen LogP contribution in [0.5, 0.6) is 11.5 Å². The van der Waals surface area contributed by atoms with E-state index in [0.717, 1.165) is 16.5 Å². The Balaban J connectivity index is 2.15. The topological polar surface area (TPSA) is 65.1 Å². The van der Waals surface area contributed by atoms with E-state index in [1.54, 1.807) is 13.0 Å². The van der Waals surface area contributed by atoms with Crippen LogP contribution in [0.3, 0.4) is 0 Å². The third-order valence-electron chi connectivity index (χ3n) is 4.02. The van der Waals surface area contributed by atoms with Gasteiger partial charge in [0.15, 0.2) is 11.5 Å². The number of nitrogens with zero attached hydrogens (tertiary/aromatic N) is 1. The summed E-state index contributed by atoms with van der Waals surface area (Å²) in [7, 11) is 0. The molecule has 30 heavy (non-hydrogen) atoms. The highest BCUT2D eigenvalue weighted by Gasteiger charge is 2.31. The lowest BCUT2D eigenvalue weighted by molar-refractivity contribution is -0.143. The van der Waals surface area contributed by atoms with Gasteiger partial charge < -0.3 is 14.2 Å². The average Bonchev–Trinajstić information content (AvgIpc) is 2.95. The molecule has 0 saturated carbocycles. The minimum absolute atomic E-state index is 0.158. The number of carbonyl (C=O) groups is 2. The van der Waals surface area contributed by atoms with Gasteiger partial charge in [0.05, 0.1) is 29.2 Å². The first-order valence-electron chi connectivity index (χ1n) is 9.91. The third kappa shape index (κ3) is 6.72. The van der Waals surface area contributed by atoms with Crippen LogP contribution in [-0.4, -0.2) is 47.5 Å². The summed E-state index contributed by atoms with van der Waals surface area (Å²) in [5.41, 5.74) is 0.807. The van der Waals surface area contributed by atoms with Gasteiger partial charge in [-0.2, -0.15) is 0 Å². The number of thioether (sulfide) groups is 1. The van der Waals surface area contributed by atoms with Crippen molar-refractivity contribution in [2.75, 3.05) is 26.4 Å². The lowest BCUT2D eigenvalue weighted by Gasteiger charge is -2.14. The van der Waals surface area contributed by atoms with Crippen molar-refractivity contribution in [2.45, 2.75) is 40.0 Å². The fourth-order valence-electron chi connectivity index (χ4n) is 2.74. The van der Waals surface area contributed by atoms with Gasteiger partial charge in [-0.3, -0.25) is 14.5 Å². The predicted octanol–water partition coefficient (Wildman–Crippen LogP) is 5.18. The van der Waals surface area contributed by atoms with Crippen molar-refractivity contribution < 1.29 is 23.8 Å². The summed E-state index contributed by atoms with van der Waals surface area (Å²) < 4.78 is 17.7. The van der Waals surface area contributed by atoms with Crippen LogP contribution in [0.4, 0.5) is 0 Å². The number of halogens is 1. The number of esters is 1. The predicted molar refractivity (Wildman–Crippen MR) is 127 cm³/mol. The van der Waals surface area contributed by atoms with Crippen LogP contribution in [0, 0.1) is 0 Å². The monoisotopic (exact) mass is 515 g/mol.